The Bertz CT molecular complexity index is 534. The van der Waals surface area contributed by atoms with Gasteiger partial charge in [-0.05, 0) is 42.6 Å². The van der Waals surface area contributed by atoms with Crippen LogP contribution in [-0.2, 0) is 6.42 Å². The van der Waals surface area contributed by atoms with E-state index in [4.69, 9.17) is 5.73 Å². The smallest absolute Gasteiger partial charge is 0.142 e. The molecule has 1 heterocycles. The molecule has 0 aliphatic carbocycles. The molecule has 0 atom stereocenters. The van der Waals surface area contributed by atoms with Crippen LogP contribution in [0.2, 0.25) is 0 Å². The van der Waals surface area contributed by atoms with Gasteiger partial charge in [0, 0.05) is 18.2 Å². The number of hydrogen-bond acceptors (Lipinski definition) is 4. The van der Waals surface area contributed by atoms with Crippen molar-refractivity contribution in [1.82, 2.24) is 4.37 Å². The average molecular weight is 269 g/mol. The van der Waals surface area contributed by atoms with Crippen LogP contribution in [0.25, 0.3) is 0 Å². The van der Waals surface area contributed by atoms with E-state index in [0.29, 0.717) is 24.3 Å². The fourth-order valence-corrected chi connectivity index (χ4v) is 2.32. The van der Waals surface area contributed by atoms with Crippen molar-refractivity contribution in [2.75, 3.05) is 17.6 Å². The Morgan fingerprint density at radius 1 is 1.28 bits per heavy atom. The molecule has 0 spiro atoms. The molecule has 0 bridgehead atoms. The van der Waals surface area contributed by atoms with Gasteiger partial charge in [-0.1, -0.05) is 0 Å². The summed E-state index contributed by atoms with van der Waals surface area (Å²) in [6.45, 7) is 2.45. The number of nitrogen functional groups attached to an aromatic ring is 1. The predicted molar refractivity (Wildman–Crippen MR) is 69.8 cm³/mol. The molecule has 0 saturated heterocycles. The van der Waals surface area contributed by atoms with Crippen LogP contribution in [0.4, 0.5) is 19.6 Å². The molecule has 96 valence electrons. The van der Waals surface area contributed by atoms with E-state index in [0.717, 1.165) is 16.6 Å². The van der Waals surface area contributed by atoms with Crippen LogP contribution in [-0.4, -0.2) is 10.9 Å². The van der Waals surface area contributed by atoms with E-state index in [1.165, 1.54) is 23.7 Å². The van der Waals surface area contributed by atoms with Gasteiger partial charge in [-0.25, -0.2) is 8.78 Å². The number of benzene rings is 1. The third kappa shape index (κ3) is 2.95. The van der Waals surface area contributed by atoms with E-state index >= 15 is 0 Å². The predicted octanol–water partition coefficient (Wildman–Crippen LogP) is 2.97. The molecule has 0 unspecified atom stereocenters. The Kier molecular flexibility index (Phi) is 3.76. The van der Waals surface area contributed by atoms with Gasteiger partial charge in [0.05, 0.1) is 0 Å². The lowest BCUT2D eigenvalue weighted by Gasteiger charge is -2.05. The molecule has 2 rings (SSSR count). The third-order valence-corrected chi connectivity index (χ3v) is 3.50. The number of hydrogen-bond donors (Lipinski definition) is 2. The molecule has 0 amide bonds. The highest BCUT2D eigenvalue weighted by atomic mass is 32.1. The number of rotatable bonds is 4. The molecule has 0 fully saturated rings. The van der Waals surface area contributed by atoms with Gasteiger partial charge in [0.15, 0.2) is 0 Å². The molecule has 18 heavy (non-hydrogen) atoms. The highest BCUT2D eigenvalue weighted by Gasteiger charge is 2.06. The van der Waals surface area contributed by atoms with Crippen molar-refractivity contribution in [1.29, 1.82) is 0 Å². The number of nitrogens with two attached hydrogens (primary N) is 1. The summed E-state index contributed by atoms with van der Waals surface area (Å²) in [7, 11) is 0. The van der Waals surface area contributed by atoms with Gasteiger partial charge in [-0.15, -0.1) is 0 Å². The summed E-state index contributed by atoms with van der Waals surface area (Å²) in [6.07, 6.45) is 0.534. The Morgan fingerprint density at radius 3 is 2.50 bits per heavy atom. The first kappa shape index (κ1) is 12.8. The number of halogens is 2. The van der Waals surface area contributed by atoms with Crippen LogP contribution in [0, 0.1) is 18.6 Å². The molecule has 0 saturated carbocycles. The highest BCUT2D eigenvalue weighted by Crippen LogP contribution is 2.25. The number of nitrogens with zero attached hydrogens (tertiary/aromatic N) is 1. The van der Waals surface area contributed by atoms with E-state index < -0.39 is 11.6 Å². The zero-order valence-corrected chi connectivity index (χ0v) is 10.7. The number of anilines is 2. The number of nitrogens with one attached hydrogen (secondary N) is 1. The minimum Gasteiger partial charge on any atom is -0.383 e. The monoisotopic (exact) mass is 269 g/mol. The van der Waals surface area contributed by atoms with Crippen LogP contribution in [0.1, 0.15) is 11.1 Å². The van der Waals surface area contributed by atoms with Gasteiger partial charge in [0.1, 0.15) is 22.5 Å². The Morgan fingerprint density at radius 2 is 1.94 bits per heavy atom. The first-order valence-electron chi connectivity index (χ1n) is 5.47. The first-order valence-corrected chi connectivity index (χ1v) is 6.24. The average Bonchev–Trinajstić information content (AvgIpc) is 2.59. The summed E-state index contributed by atoms with van der Waals surface area (Å²) < 4.78 is 29.9. The van der Waals surface area contributed by atoms with Gasteiger partial charge in [-0.3, -0.25) is 0 Å². The van der Waals surface area contributed by atoms with E-state index in [1.54, 1.807) is 0 Å². The molecule has 2 aromatic rings. The molecule has 0 radical (unpaired) electrons. The van der Waals surface area contributed by atoms with Gasteiger partial charge in [0.25, 0.3) is 0 Å². The fraction of sp³-hybridized carbons (Fsp3) is 0.250. The lowest BCUT2D eigenvalue weighted by atomic mass is 10.1. The van der Waals surface area contributed by atoms with Crippen LogP contribution in [0.5, 0.6) is 0 Å². The van der Waals surface area contributed by atoms with Crippen LogP contribution < -0.4 is 11.1 Å². The maximum atomic E-state index is 13.0. The van der Waals surface area contributed by atoms with Crippen molar-refractivity contribution in [3.8, 4) is 0 Å². The number of aromatic nitrogens is 1. The van der Waals surface area contributed by atoms with Crippen molar-refractivity contribution >= 4 is 22.4 Å². The van der Waals surface area contributed by atoms with Crippen LogP contribution in [0.3, 0.4) is 0 Å². The molecule has 3 N–H and O–H groups in total. The lowest BCUT2D eigenvalue weighted by molar-refractivity contribution is 0.580. The summed E-state index contributed by atoms with van der Waals surface area (Å²) in [5, 5.41) is 4.05. The second-order valence-corrected chi connectivity index (χ2v) is 4.75. The van der Waals surface area contributed by atoms with Crippen molar-refractivity contribution in [3.05, 3.63) is 41.0 Å². The van der Waals surface area contributed by atoms with Crippen molar-refractivity contribution in [2.45, 2.75) is 13.3 Å². The molecule has 6 heteroatoms. The molecule has 1 aromatic carbocycles. The Balaban J connectivity index is 1.94. The van der Waals surface area contributed by atoms with Gasteiger partial charge in [-0.2, -0.15) is 4.37 Å². The zero-order chi connectivity index (χ0) is 13.1. The maximum absolute atomic E-state index is 13.0. The van der Waals surface area contributed by atoms with E-state index in [1.807, 2.05) is 6.92 Å². The van der Waals surface area contributed by atoms with E-state index in [-0.39, 0.29) is 0 Å². The lowest BCUT2D eigenvalue weighted by Crippen LogP contribution is -2.05. The summed E-state index contributed by atoms with van der Waals surface area (Å²) in [4.78, 5) is 0. The topological polar surface area (TPSA) is 50.9 Å². The largest absolute Gasteiger partial charge is 0.383 e. The summed E-state index contributed by atoms with van der Waals surface area (Å²) in [6, 6.07) is 3.53. The van der Waals surface area contributed by atoms with Crippen molar-refractivity contribution in [3.63, 3.8) is 0 Å². The van der Waals surface area contributed by atoms with E-state index in [9.17, 15) is 8.78 Å². The summed E-state index contributed by atoms with van der Waals surface area (Å²) in [5.41, 5.74) is 7.15. The molecule has 0 aliphatic heterocycles. The standard InChI is InChI=1S/C12H13F2N3S/c1-7-11(15)17-18-12(7)16-3-2-8-4-9(13)6-10(14)5-8/h4-6,16H,2-3H2,1H3,(H2,15,17). The van der Waals surface area contributed by atoms with Crippen LogP contribution in [0.15, 0.2) is 18.2 Å². The Hall–Kier alpha value is -1.69. The quantitative estimate of drug-likeness (QED) is 0.897. The fourth-order valence-electron chi connectivity index (χ4n) is 1.59. The van der Waals surface area contributed by atoms with Gasteiger partial charge in [0.2, 0.25) is 0 Å². The summed E-state index contributed by atoms with van der Waals surface area (Å²) in [5.74, 6) is -0.592. The van der Waals surface area contributed by atoms with Gasteiger partial charge < -0.3 is 11.1 Å². The van der Waals surface area contributed by atoms with Crippen molar-refractivity contribution in [2.24, 2.45) is 0 Å². The van der Waals surface area contributed by atoms with Crippen LogP contribution >= 0.6 is 11.5 Å². The summed E-state index contributed by atoms with van der Waals surface area (Å²) >= 11 is 1.28. The molecule has 3 nitrogen and oxygen atoms in total. The third-order valence-electron chi connectivity index (χ3n) is 2.58. The molecule has 0 aliphatic rings. The Labute approximate surface area is 108 Å². The molecular formula is C12H13F2N3S. The minimum atomic E-state index is -0.553. The minimum absolute atomic E-state index is 0.513. The molecule has 1 aromatic heterocycles. The zero-order valence-electron chi connectivity index (χ0n) is 9.84. The molecular weight excluding hydrogens is 256 g/mol. The second-order valence-electron chi connectivity index (χ2n) is 3.98. The van der Waals surface area contributed by atoms with Crippen molar-refractivity contribution < 1.29 is 8.78 Å². The normalized spacial score (nSPS) is 10.6. The van der Waals surface area contributed by atoms with E-state index in [2.05, 4.69) is 9.69 Å². The first-order chi connectivity index (χ1) is 8.56. The second kappa shape index (κ2) is 5.30. The highest BCUT2D eigenvalue weighted by molar-refractivity contribution is 7.10. The van der Waals surface area contributed by atoms with Gasteiger partial charge >= 0.3 is 0 Å². The maximum Gasteiger partial charge on any atom is 0.142 e. The SMILES string of the molecule is Cc1c(N)nsc1NCCc1cc(F)cc(F)c1.